The van der Waals surface area contributed by atoms with Gasteiger partial charge < -0.3 is 15.1 Å². The number of nitrogens with one attached hydrogen (secondary N) is 2. The zero-order valence-electron chi connectivity index (χ0n) is 11.7. The monoisotopic (exact) mass is 354 g/mol. The lowest BCUT2D eigenvalue weighted by molar-refractivity contribution is 0.235. The molecule has 0 aliphatic rings. The zero-order valence-corrected chi connectivity index (χ0v) is 13.3. The Balaban J connectivity index is 1.89. The summed E-state index contributed by atoms with van der Waals surface area (Å²) < 4.78 is 19.7. The number of carbonyl (C=O) groups is 1. The van der Waals surface area contributed by atoms with Crippen LogP contribution in [0.4, 0.5) is 9.18 Å². The number of benzene rings is 1. The van der Waals surface area contributed by atoms with Crippen LogP contribution in [0.3, 0.4) is 0 Å². The van der Waals surface area contributed by atoms with E-state index in [0.29, 0.717) is 11.3 Å². The molecule has 2 rings (SSSR count). The highest BCUT2D eigenvalue weighted by atomic mass is 79.9. The van der Waals surface area contributed by atoms with E-state index in [1.807, 2.05) is 26.0 Å². The molecular formula is C15H16BrFN2O2. The molecule has 1 aromatic heterocycles. The van der Waals surface area contributed by atoms with Gasteiger partial charge in [0.15, 0.2) is 0 Å². The molecule has 1 atom stereocenters. The molecule has 0 aliphatic heterocycles. The number of hydrogen-bond acceptors (Lipinski definition) is 2. The van der Waals surface area contributed by atoms with E-state index in [4.69, 9.17) is 4.42 Å². The van der Waals surface area contributed by atoms with Crippen LogP contribution in [0.1, 0.15) is 30.0 Å². The van der Waals surface area contributed by atoms with Gasteiger partial charge in [-0.25, -0.2) is 9.18 Å². The van der Waals surface area contributed by atoms with E-state index in [1.54, 1.807) is 12.1 Å². The fourth-order valence-electron chi connectivity index (χ4n) is 1.86. The van der Waals surface area contributed by atoms with Gasteiger partial charge in [0.25, 0.3) is 0 Å². The molecule has 0 radical (unpaired) electrons. The van der Waals surface area contributed by atoms with Crippen LogP contribution in [0.15, 0.2) is 39.2 Å². The van der Waals surface area contributed by atoms with Crippen molar-refractivity contribution in [2.75, 3.05) is 0 Å². The maximum atomic E-state index is 13.5. The Hall–Kier alpha value is -1.82. The maximum absolute atomic E-state index is 13.5. The fourth-order valence-corrected chi connectivity index (χ4v) is 2.27. The van der Waals surface area contributed by atoms with Crippen LogP contribution >= 0.6 is 15.9 Å². The van der Waals surface area contributed by atoms with Crippen molar-refractivity contribution in [3.63, 3.8) is 0 Å². The van der Waals surface area contributed by atoms with Crippen LogP contribution in [0, 0.1) is 12.7 Å². The number of halogens is 2. The van der Waals surface area contributed by atoms with Gasteiger partial charge in [0, 0.05) is 16.6 Å². The molecule has 0 aliphatic carbocycles. The number of rotatable bonds is 4. The molecule has 1 heterocycles. The van der Waals surface area contributed by atoms with Crippen LogP contribution in [-0.4, -0.2) is 6.03 Å². The van der Waals surface area contributed by atoms with Gasteiger partial charge in [0.1, 0.15) is 17.3 Å². The van der Waals surface area contributed by atoms with Crippen molar-refractivity contribution < 1.29 is 13.6 Å². The Morgan fingerprint density at radius 3 is 2.81 bits per heavy atom. The third-order valence-electron chi connectivity index (χ3n) is 2.98. The summed E-state index contributed by atoms with van der Waals surface area (Å²) in [6, 6.07) is 7.61. The Bertz CT molecular complexity index is 642. The fraction of sp³-hybridized carbons (Fsp3) is 0.267. The summed E-state index contributed by atoms with van der Waals surface area (Å²) in [6.45, 7) is 3.77. The van der Waals surface area contributed by atoms with Crippen molar-refractivity contribution in [2.45, 2.75) is 26.4 Å². The molecule has 0 saturated carbocycles. The van der Waals surface area contributed by atoms with Crippen molar-refractivity contribution in [1.29, 1.82) is 0 Å². The number of aryl methyl sites for hydroxylation is 1. The van der Waals surface area contributed by atoms with Gasteiger partial charge in [-0.05, 0) is 44.2 Å². The number of carbonyl (C=O) groups excluding carboxylic acids is 1. The maximum Gasteiger partial charge on any atom is 0.315 e. The first-order valence-corrected chi connectivity index (χ1v) is 7.29. The Labute approximate surface area is 130 Å². The molecule has 2 amide bonds. The van der Waals surface area contributed by atoms with Crippen LogP contribution in [0.5, 0.6) is 0 Å². The molecule has 1 unspecified atom stereocenters. The first kappa shape index (κ1) is 15.6. The molecule has 2 N–H and O–H groups in total. The highest BCUT2D eigenvalue weighted by molar-refractivity contribution is 9.10. The van der Waals surface area contributed by atoms with Crippen LogP contribution < -0.4 is 10.6 Å². The molecule has 6 heteroatoms. The van der Waals surface area contributed by atoms with Crippen molar-refractivity contribution in [3.05, 3.63) is 57.7 Å². The second-order valence-electron chi connectivity index (χ2n) is 4.73. The van der Waals surface area contributed by atoms with Gasteiger partial charge in [-0.3, -0.25) is 0 Å². The molecule has 0 saturated heterocycles. The summed E-state index contributed by atoms with van der Waals surface area (Å²) in [4.78, 5) is 11.8. The Kier molecular flexibility index (Phi) is 5.01. The second-order valence-corrected chi connectivity index (χ2v) is 5.65. The molecular weight excluding hydrogens is 339 g/mol. The molecule has 112 valence electrons. The van der Waals surface area contributed by atoms with Gasteiger partial charge in [0.2, 0.25) is 0 Å². The summed E-state index contributed by atoms with van der Waals surface area (Å²) in [5.74, 6) is 1.11. The van der Waals surface area contributed by atoms with E-state index < -0.39 is 0 Å². The zero-order chi connectivity index (χ0) is 15.4. The van der Waals surface area contributed by atoms with Gasteiger partial charge in [0.05, 0.1) is 6.04 Å². The predicted molar refractivity (Wildman–Crippen MR) is 81.3 cm³/mol. The summed E-state index contributed by atoms with van der Waals surface area (Å²) in [6.07, 6.45) is 0. The van der Waals surface area contributed by atoms with E-state index >= 15 is 0 Å². The van der Waals surface area contributed by atoms with Crippen LogP contribution in [-0.2, 0) is 6.54 Å². The second kappa shape index (κ2) is 6.76. The minimum atomic E-state index is -0.379. The minimum absolute atomic E-state index is 0.112. The molecule has 0 bridgehead atoms. The smallest absolute Gasteiger partial charge is 0.315 e. The number of hydrogen-bond donors (Lipinski definition) is 2. The summed E-state index contributed by atoms with van der Waals surface area (Å²) in [5.41, 5.74) is 0.418. The van der Waals surface area contributed by atoms with Gasteiger partial charge in [-0.2, -0.15) is 0 Å². The third-order valence-corrected chi connectivity index (χ3v) is 3.48. The highest BCUT2D eigenvalue weighted by Gasteiger charge is 2.13. The average molecular weight is 355 g/mol. The van der Waals surface area contributed by atoms with Crippen molar-refractivity contribution >= 4 is 22.0 Å². The lowest BCUT2D eigenvalue weighted by atomic mass is 10.2. The minimum Gasteiger partial charge on any atom is -0.464 e. The van der Waals surface area contributed by atoms with Crippen molar-refractivity contribution in [3.8, 4) is 0 Å². The number of amides is 2. The van der Waals surface area contributed by atoms with E-state index in [-0.39, 0.29) is 24.4 Å². The van der Waals surface area contributed by atoms with Gasteiger partial charge in [-0.1, -0.05) is 15.9 Å². The molecule has 0 fully saturated rings. The summed E-state index contributed by atoms with van der Waals surface area (Å²) in [5, 5.41) is 5.36. The van der Waals surface area contributed by atoms with E-state index in [2.05, 4.69) is 26.6 Å². The highest BCUT2D eigenvalue weighted by Crippen LogP contribution is 2.16. The van der Waals surface area contributed by atoms with E-state index in [9.17, 15) is 9.18 Å². The lowest BCUT2D eigenvalue weighted by Crippen LogP contribution is -2.36. The van der Waals surface area contributed by atoms with E-state index in [0.717, 1.165) is 10.2 Å². The Morgan fingerprint density at radius 2 is 2.14 bits per heavy atom. The average Bonchev–Trinajstić information content (AvgIpc) is 2.86. The molecule has 4 nitrogen and oxygen atoms in total. The summed E-state index contributed by atoms with van der Waals surface area (Å²) >= 11 is 3.27. The standard InChI is InChI=1S/C15H16BrFN2O2/c1-9-3-6-14(21-9)10(2)19-15(20)18-8-11-7-12(16)4-5-13(11)17/h3-7,10H,8H2,1-2H3,(H2,18,19,20). The van der Waals surface area contributed by atoms with Crippen LogP contribution in [0.2, 0.25) is 0 Å². The number of urea groups is 1. The first-order valence-electron chi connectivity index (χ1n) is 6.50. The molecule has 0 spiro atoms. The molecule has 2 aromatic rings. The SMILES string of the molecule is Cc1ccc(C(C)NC(=O)NCc2cc(Br)ccc2F)o1. The van der Waals surface area contributed by atoms with Crippen LogP contribution in [0.25, 0.3) is 0 Å². The summed E-state index contributed by atoms with van der Waals surface area (Å²) in [7, 11) is 0. The normalized spacial score (nSPS) is 12.0. The quantitative estimate of drug-likeness (QED) is 0.869. The largest absolute Gasteiger partial charge is 0.464 e. The molecule has 1 aromatic carbocycles. The third kappa shape index (κ3) is 4.32. The van der Waals surface area contributed by atoms with Gasteiger partial charge in [-0.15, -0.1) is 0 Å². The Morgan fingerprint density at radius 1 is 1.38 bits per heavy atom. The first-order chi connectivity index (χ1) is 9.95. The van der Waals surface area contributed by atoms with Gasteiger partial charge >= 0.3 is 6.03 Å². The lowest BCUT2D eigenvalue weighted by Gasteiger charge is -2.13. The topological polar surface area (TPSA) is 54.3 Å². The molecule has 21 heavy (non-hydrogen) atoms. The predicted octanol–water partition coefficient (Wildman–Crippen LogP) is 4.05. The number of furan rings is 1. The van der Waals surface area contributed by atoms with Crippen molar-refractivity contribution in [2.24, 2.45) is 0 Å². The van der Waals surface area contributed by atoms with E-state index in [1.165, 1.54) is 6.07 Å². The van der Waals surface area contributed by atoms with Crippen molar-refractivity contribution in [1.82, 2.24) is 10.6 Å².